The third-order valence-electron chi connectivity index (χ3n) is 3.99. The number of carbonyl (C=O) groups is 1. The molecular weight excluding hydrogens is 300 g/mol. The number of aryl methyl sites for hydroxylation is 4. The van der Waals surface area contributed by atoms with E-state index in [9.17, 15) is 4.79 Å². The lowest BCUT2D eigenvalue weighted by Crippen LogP contribution is -2.20. The highest BCUT2D eigenvalue weighted by Gasteiger charge is 2.14. The topological polar surface area (TPSA) is 66.9 Å². The lowest BCUT2D eigenvalue weighted by Gasteiger charge is -2.14. The van der Waals surface area contributed by atoms with Crippen LogP contribution in [0.2, 0.25) is 0 Å². The fraction of sp³-hybridized carbons (Fsp3) is 0.421. The van der Waals surface area contributed by atoms with Crippen molar-refractivity contribution in [1.29, 1.82) is 0 Å². The minimum absolute atomic E-state index is 0.220. The first-order chi connectivity index (χ1) is 11.3. The van der Waals surface area contributed by atoms with Gasteiger partial charge in [-0.2, -0.15) is 0 Å². The second-order valence-electron chi connectivity index (χ2n) is 6.40. The summed E-state index contributed by atoms with van der Waals surface area (Å²) < 4.78 is 0. The van der Waals surface area contributed by atoms with Crippen molar-refractivity contribution in [1.82, 2.24) is 9.97 Å². The molecule has 0 aliphatic carbocycles. The summed E-state index contributed by atoms with van der Waals surface area (Å²) in [6.45, 7) is 12.1. The van der Waals surface area contributed by atoms with Crippen LogP contribution in [-0.2, 0) is 0 Å². The summed E-state index contributed by atoms with van der Waals surface area (Å²) in [5.74, 6) is 0.273. The molecule has 1 amide bonds. The van der Waals surface area contributed by atoms with Crippen LogP contribution in [0.3, 0.4) is 0 Å². The zero-order valence-corrected chi connectivity index (χ0v) is 15.3. The molecule has 0 saturated carbocycles. The maximum Gasteiger partial charge on any atom is 0.274 e. The van der Waals surface area contributed by atoms with Gasteiger partial charge in [-0.15, -0.1) is 0 Å². The number of hydrogen-bond donors (Lipinski definition) is 2. The monoisotopic (exact) mass is 326 g/mol. The fourth-order valence-corrected chi connectivity index (χ4v) is 2.63. The largest absolute Gasteiger partial charge is 0.352 e. The van der Waals surface area contributed by atoms with Crippen LogP contribution >= 0.6 is 0 Å². The van der Waals surface area contributed by atoms with Crippen molar-refractivity contribution in [2.45, 2.75) is 54.0 Å². The molecule has 0 bridgehead atoms. The van der Waals surface area contributed by atoms with Gasteiger partial charge < -0.3 is 10.6 Å². The Morgan fingerprint density at radius 1 is 1.08 bits per heavy atom. The lowest BCUT2D eigenvalue weighted by atomic mass is 10.0. The second kappa shape index (κ2) is 7.43. The molecule has 0 spiro atoms. The third-order valence-corrected chi connectivity index (χ3v) is 3.99. The van der Waals surface area contributed by atoms with Gasteiger partial charge in [0, 0.05) is 17.4 Å². The molecule has 5 nitrogen and oxygen atoms in total. The van der Waals surface area contributed by atoms with Crippen molar-refractivity contribution >= 4 is 17.5 Å². The molecule has 2 N–H and O–H groups in total. The van der Waals surface area contributed by atoms with Crippen LogP contribution in [0.15, 0.2) is 18.2 Å². The van der Waals surface area contributed by atoms with Crippen molar-refractivity contribution in [3.8, 4) is 0 Å². The maximum atomic E-state index is 12.6. The zero-order valence-electron chi connectivity index (χ0n) is 15.3. The van der Waals surface area contributed by atoms with E-state index in [0.717, 1.165) is 28.9 Å². The molecule has 0 aliphatic heterocycles. The van der Waals surface area contributed by atoms with E-state index in [1.807, 2.05) is 27.7 Å². The SMILES string of the molecule is CCC(C)Nc1nc(C)cc(C(=O)Nc2c(C)cc(C)cc2C)n1. The van der Waals surface area contributed by atoms with Crippen molar-refractivity contribution in [2.24, 2.45) is 0 Å². The molecule has 1 atom stereocenters. The van der Waals surface area contributed by atoms with E-state index in [4.69, 9.17) is 0 Å². The highest BCUT2D eigenvalue weighted by Crippen LogP contribution is 2.22. The van der Waals surface area contributed by atoms with E-state index < -0.39 is 0 Å². The predicted octanol–water partition coefficient (Wildman–Crippen LogP) is 4.17. The van der Waals surface area contributed by atoms with Crippen molar-refractivity contribution < 1.29 is 4.79 Å². The van der Waals surface area contributed by atoms with Crippen LogP contribution < -0.4 is 10.6 Å². The van der Waals surface area contributed by atoms with Crippen LogP contribution in [0.25, 0.3) is 0 Å². The smallest absolute Gasteiger partial charge is 0.274 e. The molecule has 2 aromatic rings. The van der Waals surface area contributed by atoms with Crippen LogP contribution in [0.4, 0.5) is 11.6 Å². The lowest BCUT2D eigenvalue weighted by molar-refractivity contribution is 0.102. The van der Waals surface area contributed by atoms with Gasteiger partial charge in [0.25, 0.3) is 5.91 Å². The molecule has 5 heteroatoms. The Morgan fingerprint density at radius 2 is 1.71 bits per heavy atom. The van der Waals surface area contributed by atoms with Gasteiger partial charge in [0.2, 0.25) is 5.95 Å². The molecule has 1 aromatic carbocycles. The van der Waals surface area contributed by atoms with Gasteiger partial charge in [-0.3, -0.25) is 4.79 Å². The van der Waals surface area contributed by atoms with Gasteiger partial charge in [-0.25, -0.2) is 9.97 Å². The number of aromatic nitrogens is 2. The van der Waals surface area contributed by atoms with Gasteiger partial charge in [0.15, 0.2) is 0 Å². The summed E-state index contributed by atoms with van der Waals surface area (Å²) in [5.41, 5.74) is 5.25. The van der Waals surface area contributed by atoms with E-state index in [0.29, 0.717) is 11.6 Å². The summed E-state index contributed by atoms with van der Waals surface area (Å²) in [6, 6.07) is 6.08. The van der Waals surface area contributed by atoms with Gasteiger partial charge in [-0.1, -0.05) is 24.6 Å². The summed E-state index contributed by atoms with van der Waals surface area (Å²) >= 11 is 0. The van der Waals surface area contributed by atoms with E-state index >= 15 is 0 Å². The van der Waals surface area contributed by atoms with Crippen LogP contribution in [0.5, 0.6) is 0 Å². The van der Waals surface area contributed by atoms with Gasteiger partial charge in [0.05, 0.1) is 0 Å². The molecule has 1 unspecified atom stereocenters. The molecule has 1 aromatic heterocycles. The van der Waals surface area contributed by atoms with E-state index in [-0.39, 0.29) is 11.9 Å². The number of hydrogen-bond acceptors (Lipinski definition) is 4. The Hall–Kier alpha value is -2.43. The van der Waals surface area contributed by atoms with Crippen LogP contribution in [0, 0.1) is 27.7 Å². The molecule has 1 heterocycles. The van der Waals surface area contributed by atoms with Crippen LogP contribution in [-0.4, -0.2) is 21.9 Å². The Labute approximate surface area is 143 Å². The predicted molar refractivity (Wildman–Crippen MR) is 98.8 cm³/mol. The molecule has 0 radical (unpaired) electrons. The van der Waals surface area contributed by atoms with Crippen LogP contribution in [0.1, 0.15) is 53.1 Å². The molecular formula is C19H26N4O. The normalized spacial score (nSPS) is 11.9. The fourth-order valence-electron chi connectivity index (χ4n) is 2.63. The minimum Gasteiger partial charge on any atom is -0.352 e. The summed E-state index contributed by atoms with van der Waals surface area (Å²) in [6.07, 6.45) is 0.959. The standard InChI is InChI=1S/C19H26N4O/c1-7-14(5)20-19-21-15(6)10-16(22-19)18(24)23-17-12(3)8-11(2)9-13(17)4/h8-10,14H,7H2,1-6H3,(H,23,24)(H,20,21,22). The summed E-state index contributed by atoms with van der Waals surface area (Å²) in [5, 5.41) is 6.21. The quantitative estimate of drug-likeness (QED) is 0.865. The number of rotatable bonds is 5. The average molecular weight is 326 g/mol. The first-order valence-electron chi connectivity index (χ1n) is 8.31. The number of carbonyl (C=O) groups excluding carboxylic acids is 1. The van der Waals surface area contributed by atoms with E-state index in [1.54, 1.807) is 6.07 Å². The summed E-state index contributed by atoms with van der Waals surface area (Å²) in [7, 11) is 0. The average Bonchev–Trinajstić information content (AvgIpc) is 2.49. The number of nitrogens with zero attached hydrogens (tertiary/aromatic N) is 2. The molecule has 0 fully saturated rings. The van der Waals surface area contributed by atoms with E-state index in [1.165, 1.54) is 5.56 Å². The number of anilines is 2. The molecule has 0 aliphatic rings. The minimum atomic E-state index is -0.220. The number of benzene rings is 1. The Morgan fingerprint density at radius 3 is 2.29 bits per heavy atom. The Balaban J connectivity index is 2.27. The Kier molecular flexibility index (Phi) is 5.54. The molecule has 2 rings (SSSR count). The van der Waals surface area contributed by atoms with Crippen molar-refractivity contribution in [3.63, 3.8) is 0 Å². The van der Waals surface area contributed by atoms with Crippen molar-refractivity contribution in [2.75, 3.05) is 10.6 Å². The first-order valence-corrected chi connectivity index (χ1v) is 8.31. The second-order valence-corrected chi connectivity index (χ2v) is 6.40. The highest BCUT2D eigenvalue weighted by molar-refractivity contribution is 6.04. The van der Waals surface area contributed by atoms with Gasteiger partial charge >= 0.3 is 0 Å². The zero-order chi connectivity index (χ0) is 17.9. The third kappa shape index (κ3) is 4.31. The number of amides is 1. The molecule has 128 valence electrons. The van der Waals surface area contributed by atoms with Gasteiger partial charge in [0.1, 0.15) is 5.69 Å². The maximum absolute atomic E-state index is 12.6. The van der Waals surface area contributed by atoms with Gasteiger partial charge in [-0.05, 0) is 58.2 Å². The first kappa shape index (κ1) is 17.9. The number of nitrogens with one attached hydrogen (secondary N) is 2. The summed E-state index contributed by atoms with van der Waals surface area (Å²) in [4.78, 5) is 21.3. The molecule has 0 saturated heterocycles. The van der Waals surface area contributed by atoms with E-state index in [2.05, 4.69) is 46.6 Å². The molecule has 24 heavy (non-hydrogen) atoms. The highest BCUT2D eigenvalue weighted by atomic mass is 16.1. The Bertz CT molecular complexity index is 732. The van der Waals surface area contributed by atoms with Crippen molar-refractivity contribution in [3.05, 3.63) is 46.3 Å².